The SMILES string of the molecule is CCNC(=O)/N=c1/nc(-c2ccccc2)n(-c2ccccc2)s1. The number of rotatable bonds is 3. The van der Waals surface area contributed by atoms with E-state index in [1.807, 2.05) is 71.5 Å². The van der Waals surface area contributed by atoms with E-state index < -0.39 is 0 Å². The number of aromatic nitrogens is 2. The van der Waals surface area contributed by atoms with Crippen molar-refractivity contribution in [3.05, 3.63) is 65.5 Å². The number of nitrogens with one attached hydrogen (secondary N) is 1. The Bertz CT molecular complexity index is 793. The minimum atomic E-state index is -0.374. The molecule has 0 bridgehead atoms. The molecule has 23 heavy (non-hydrogen) atoms. The van der Waals surface area contributed by atoms with Gasteiger partial charge in [-0.2, -0.15) is 9.98 Å². The lowest BCUT2D eigenvalue weighted by Crippen LogP contribution is -2.21. The van der Waals surface area contributed by atoms with Gasteiger partial charge in [0, 0.05) is 12.1 Å². The van der Waals surface area contributed by atoms with Gasteiger partial charge in [0.05, 0.1) is 5.69 Å². The van der Waals surface area contributed by atoms with Crippen LogP contribution in [0, 0.1) is 0 Å². The molecule has 0 saturated heterocycles. The maximum absolute atomic E-state index is 11.7. The highest BCUT2D eigenvalue weighted by molar-refractivity contribution is 7.04. The summed E-state index contributed by atoms with van der Waals surface area (Å²) in [5.41, 5.74) is 1.96. The van der Waals surface area contributed by atoms with Gasteiger partial charge in [-0.1, -0.05) is 48.5 Å². The van der Waals surface area contributed by atoms with Gasteiger partial charge in [-0.15, -0.1) is 0 Å². The van der Waals surface area contributed by atoms with E-state index in [9.17, 15) is 4.79 Å². The van der Waals surface area contributed by atoms with Crippen LogP contribution in [-0.2, 0) is 0 Å². The van der Waals surface area contributed by atoms with Crippen molar-refractivity contribution in [1.82, 2.24) is 14.3 Å². The summed E-state index contributed by atoms with van der Waals surface area (Å²) in [6.07, 6.45) is 0. The fourth-order valence-corrected chi connectivity index (χ4v) is 2.99. The molecule has 2 aromatic carbocycles. The number of hydrogen-bond acceptors (Lipinski definition) is 3. The summed E-state index contributed by atoms with van der Waals surface area (Å²) in [6, 6.07) is 19.4. The van der Waals surface area contributed by atoms with Crippen molar-refractivity contribution in [2.24, 2.45) is 4.99 Å². The van der Waals surface area contributed by atoms with E-state index in [4.69, 9.17) is 0 Å². The molecule has 3 aromatic rings. The topological polar surface area (TPSA) is 59.3 Å². The molecule has 0 aliphatic heterocycles. The first-order valence-electron chi connectivity index (χ1n) is 7.31. The number of urea groups is 1. The molecule has 0 fully saturated rings. The number of nitrogens with zero attached hydrogens (tertiary/aromatic N) is 3. The van der Waals surface area contributed by atoms with Crippen LogP contribution in [0.1, 0.15) is 6.92 Å². The second-order valence-corrected chi connectivity index (χ2v) is 5.67. The fourth-order valence-electron chi connectivity index (χ4n) is 2.11. The van der Waals surface area contributed by atoms with Crippen molar-refractivity contribution >= 4 is 17.6 Å². The molecule has 0 radical (unpaired) electrons. The Morgan fingerprint density at radius 3 is 2.43 bits per heavy atom. The Morgan fingerprint density at radius 1 is 1.13 bits per heavy atom. The smallest absolute Gasteiger partial charge is 0.336 e. The van der Waals surface area contributed by atoms with Crippen molar-refractivity contribution in [1.29, 1.82) is 0 Å². The van der Waals surface area contributed by atoms with Crippen molar-refractivity contribution in [2.75, 3.05) is 6.54 Å². The summed E-state index contributed by atoms with van der Waals surface area (Å²) in [6.45, 7) is 2.40. The predicted molar refractivity (Wildman–Crippen MR) is 91.5 cm³/mol. The maximum atomic E-state index is 11.7. The second kappa shape index (κ2) is 7.02. The highest BCUT2D eigenvalue weighted by Crippen LogP contribution is 2.21. The standard InChI is InChI=1S/C17H16N4OS/c1-2-18-16(22)20-17-19-15(13-9-5-3-6-10-13)21(23-17)14-11-7-4-8-12-14/h3-12H,2H2,1H3,(H,18,22)/b20-17-. The zero-order valence-corrected chi connectivity index (χ0v) is 13.5. The van der Waals surface area contributed by atoms with E-state index in [1.165, 1.54) is 11.5 Å². The van der Waals surface area contributed by atoms with E-state index in [1.54, 1.807) is 0 Å². The first kappa shape index (κ1) is 15.2. The highest BCUT2D eigenvalue weighted by atomic mass is 32.1. The molecular formula is C17H16N4OS. The van der Waals surface area contributed by atoms with E-state index in [2.05, 4.69) is 15.3 Å². The summed E-state index contributed by atoms with van der Waals surface area (Å²) in [5, 5.41) is 2.65. The van der Waals surface area contributed by atoms with E-state index in [0.29, 0.717) is 11.3 Å². The normalized spacial score (nSPS) is 11.4. The number of para-hydroxylation sites is 1. The Hall–Kier alpha value is -2.73. The average molecular weight is 324 g/mol. The highest BCUT2D eigenvalue weighted by Gasteiger charge is 2.11. The quantitative estimate of drug-likeness (QED) is 0.804. The summed E-state index contributed by atoms with van der Waals surface area (Å²) >= 11 is 1.34. The van der Waals surface area contributed by atoms with Crippen molar-refractivity contribution in [3.63, 3.8) is 0 Å². The minimum Gasteiger partial charge on any atom is -0.336 e. The summed E-state index contributed by atoms with van der Waals surface area (Å²) < 4.78 is 1.98. The Kier molecular flexibility index (Phi) is 4.63. The van der Waals surface area contributed by atoms with Crippen LogP contribution < -0.4 is 10.1 Å². The van der Waals surface area contributed by atoms with Crippen molar-refractivity contribution in [3.8, 4) is 17.1 Å². The molecule has 0 aliphatic rings. The van der Waals surface area contributed by atoms with Gasteiger partial charge in [-0.05, 0) is 30.6 Å². The lowest BCUT2D eigenvalue weighted by atomic mass is 10.2. The number of carbonyl (C=O) groups is 1. The monoisotopic (exact) mass is 324 g/mol. The van der Waals surface area contributed by atoms with Crippen LogP contribution in [0.3, 0.4) is 0 Å². The van der Waals surface area contributed by atoms with Gasteiger partial charge in [0.1, 0.15) is 0 Å². The average Bonchev–Trinajstić information content (AvgIpc) is 3.00. The first-order valence-corrected chi connectivity index (χ1v) is 8.09. The van der Waals surface area contributed by atoms with Gasteiger partial charge in [0.2, 0.25) is 4.80 Å². The summed E-state index contributed by atoms with van der Waals surface area (Å²) in [4.78, 5) is 20.7. The van der Waals surface area contributed by atoms with E-state index in [0.717, 1.165) is 17.1 Å². The minimum absolute atomic E-state index is 0.374. The third-order valence-electron chi connectivity index (χ3n) is 3.11. The van der Waals surface area contributed by atoms with Crippen molar-refractivity contribution in [2.45, 2.75) is 6.92 Å². The molecule has 0 atom stereocenters. The van der Waals surface area contributed by atoms with Crippen LogP contribution >= 0.6 is 11.5 Å². The van der Waals surface area contributed by atoms with Crippen LogP contribution in [-0.4, -0.2) is 21.5 Å². The number of hydrogen-bond donors (Lipinski definition) is 1. The third-order valence-corrected chi connectivity index (χ3v) is 4.03. The predicted octanol–water partition coefficient (Wildman–Crippen LogP) is 3.23. The van der Waals surface area contributed by atoms with Crippen LogP contribution in [0.25, 0.3) is 17.1 Å². The first-order chi connectivity index (χ1) is 11.3. The molecular weight excluding hydrogens is 308 g/mol. The Morgan fingerprint density at radius 2 is 1.78 bits per heavy atom. The number of benzene rings is 2. The molecule has 0 spiro atoms. The molecule has 0 unspecified atom stereocenters. The lowest BCUT2D eigenvalue weighted by molar-refractivity contribution is 0.249. The zero-order valence-electron chi connectivity index (χ0n) is 12.6. The Balaban J connectivity index is 2.13. The molecule has 0 saturated carbocycles. The van der Waals surface area contributed by atoms with Gasteiger partial charge in [-0.3, -0.25) is 0 Å². The maximum Gasteiger partial charge on any atom is 0.343 e. The van der Waals surface area contributed by atoms with Crippen LogP contribution in [0.2, 0.25) is 0 Å². The summed E-state index contributed by atoms with van der Waals surface area (Å²) in [5.74, 6) is 0.768. The molecule has 1 N–H and O–H groups in total. The molecule has 1 heterocycles. The molecule has 3 rings (SSSR count). The number of amides is 2. The van der Waals surface area contributed by atoms with E-state index >= 15 is 0 Å². The molecule has 116 valence electrons. The fraction of sp³-hybridized carbons (Fsp3) is 0.118. The molecule has 5 nitrogen and oxygen atoms in total. The lowest BCUT2D eigenvalue weighted by Gasteiger charge is -2.05. The van der Waals surface area contributed by atoms with Gasteiger partial charge in [0.25, 0.3) is 0 Å². The van der Waals surface area contributed by atoms with Gasteiger partial charge < -0.3 is 5.32 Å². The largest absolute Gasteiger partial charge is 0.343 e. The molecule has 2 amide bonds. The van der Waals surface area contributed by atoms with Crippen molar-refractivity contribution < 1.29 is 4.79 Å². The van der Waals surface area contributed by atoms with Gasteiger partial charge >= 0.3 is 6.03 Å². The zero-order chi connectivity index (χ0) is 16.1. The van der Waals surface area contributed by atoms with Gasteiger partial charge in [0.15, 0.2) is 5.82 Å². The van der Waals surface area contributed by atoms with E-state index in [-0.39, 0.29) is 6.03 Å². The van der Waals surface area contributed by atoms with Crippen LogP contribution in [0.4, 0.5) is 4.79 Å². The second-order valence-electron chi connectivity index (χ2n) is 4.75. The van der Waals surface area contributed by atoms with Crippen LogP contribution in [0.15, 0.2) is 65.7 Å². The molecule has 6 heteroatoms. The molecule has 0 aliphatic carbocycles. The Labute approximate surface area is 138 Å². The third kappa shape index (κ3) is 3.54. The van der Waals surface area contributed by atoms with Crippen LogP contribution in [0.5, 0.6) is 0 Å². The summed E-state index contributed by atoms with van der Waals surface area (Å²) in [7, 11) is 0. The molecule has 1 aromatic heterocycles. The van der Waals surface area contributed by atoms with Gasteiger partial charge in [-0.25, -0.2) is 8.75 Å². The number of carbonyl (C=O) groups excluding carboxylic acids is 1.